The molecule has 6 nitrogen and oxygen atoms in total. The molecule has 1 aliphatic rings. The molecule has 0 spiro atoms. The fraction of sp³-hybridized carbons (Fsp3) is 0.400. The van der Waals surface area contributed by atoms with Crippen LogP contribution in [0.15, 0.2) is 41.2 Å². The monoisotopic (exact) mass is 452 g/mol. The van der Waals surface area contributed by atoms with Crippen molar-refractivity contribution in [1.29, 1.82) is 0 Å². The highest BCUT2D eigenvalue weighted by Gasteiger charge is 2.17. The molecule has 0 radical (unpaired) electrons. The van der Waals surface area contributed by atoms with Crippen molar-refractivity contribution in [3.63, 3.8) is 0 Å². The summed E-state index contributed by atoms with van der Waals surface area (Å²) in [5.74, 6) is 0.463. The Balaban J connectivity index is 1.40. The predicted octanol–water partition coefficient (Wildman–Crippen LogP) is 4.15. The molecule has 7 heteroatoms. The van der Waals surface area contributed by atoms with Gasteiger partial charge in [-0.15, -0.1) is 0 Å². The minimum atomic E-state index is -0.205. The van der Waals surface area contributed by atoms with Gasteiger partial charge in [-0.25, -0.2) is 4.98 Å². The van der Waals surface area contributed by atoms with Crippen LogP contribution >= 0.6 is 11.6 Å². The molecule has 1 aliphatic carbocycles. The Morgan fingerprint density at radius 2 is 1.97 bits per heavy atom. The lowest BCUT2D eigenvalue weighted by molar-refractivity contribution is -0.123. The summed E-state index contributed by atoms with van der Waals surface area (Å²) in [5.41, 5.74) is 4.34. The molecule has 2 N–H and O–H groups in total. The molecule has 4 rings (SSSR count). The largest absolute Gasteiger partial charge is 0.348 e. The average molecular weight is 453 g/mol. The normalized spacial score (nSPS) is 14.4. The summed E-state index contributed by atoms with van der Waals surface area (Å²) < 4.78 is 0. The van der Waals surface area contributed by atoms with E-state index in [-0.39, 0.29) is 24.1 Å². The number of aromatic nitrogens is 2. The molecule has 1 heterocycles. The summed E-state index contributed by atoms with van der Waals surface area (Å²) in [6.45, 7) is 5.25. The number of nitrogens with zero attached hydrogens (tertiary/aromatic N) is 2. The Kier molecular flexibility index (Phi) is 6.92. The van der Waals surface area contributed by atoms with Crippen molar-refractivity contribution in [2.75, 3.05) is 13.1 Å². The number of carbonyl (C=O) groups is 1. The van der Waals surface area contributed by atoms with Crippen LogP contribution in [0.3, 0.4) is 0 Å². The van der Waals surface area contributed by atoms with Crippen molar-refractivity contribution in [3.8, 4) is 0 Å². The van der Waals surface area contributed by atoms with Crippen LogP contribution < -0.4 is 10.9 Å². The second kappa shape index (κ2) is 9.84. The number of aryl methyl sites for hydroxylation is 2. The van der Waals surface area contributed by atoms with Gasteiger partial charge in [0.2, 0.25) is 5.91 Å². The van der Waals surface area contributed by atoms with Gasteiger partial charge >= 0.3 is 0 Å². The second-order valence-corrected chi connectivity index (χ2v) is 8.94. The third-order valence-corrected chi connectivity index (χ3v) is 6.39. The third kappa shape index (κ3) is 5.19. The van der Waals surface area contributed by atoms with Crippen molar-refractivity contribution in [2.45, 2.75) is 52.1 Å². The minimum absolute atomic E-state index is 0.0525. The van der Waals surface area contributed by atoms with E-state index in [9.17, 15) is 9.59 Å². The molecule has 0 saturated carbocycles. The maximum absolute atomic E-state index is 12.7. The van der Waals surface area contributed by atoms with Crippen LogP contribution in [-0.2, 0) is 24.2 Å². The molecule has 1 amide bonds. The van der Waals surface area contributed by atoms with Gasteiger partial charge in [-0.05, 0) is 74.0 Å². The molecule has 0 unspecified atom stereocenters. The van der Waals surface area contributed by atoms with Crippen LogP contribution in [0.2, 0.25) is 5.02 Å². The summed E-state index contributed by atoms with van der Waals surface area (Å²) in [7, 11) is 0. The number of hydrogen-bond acceptors (Lipinski definition) is 4. The summed E-state index contributed by atoms with van der Waals surface area (Å²) in [5, 5.41) is 4.14. The van der Waals surface area contributed by atoms with Gasteiger partial charge in [0.1, 0.15) is 5.82 Å². The lowest BCUT2D eigenvalue weighted by Gasteiger charge is -2.23. The molecule has 168 valence electrons. The highest BCUT2D eigenvalue weighted by atomic mass is 35.5. The van der Waals surface area contributed by atoms with Gasteiger partial charge in [0.05, 0.1) is 30.0 Å². The summed E-state index contributed by atoms with van der Waals surface area (Å²) >= 11 is 6.05. The zero-order valence-electron chi connectivity index (χ0n) is 18.6. The van der Waals surface area contributed by atoms with E-state index in [0.29, 0.717) is 34.8 Å². The number of rotatable bonds is 7. The Morgan fingerprint density at radius 1 is 1.19 bits per heavy atom. The first-order valence-corrected chi connectivity index (χ1v) is 11.6. The standard InChI is InChI=1S/C25H29ClN4O2/c1-3-30(14-23-28-22-13-20(26)10-11-21(22)25(32)29-23)15-24(31)27-16(2)18-9-8-17-6-4-5-7-19(17)12-18/h8-13,16H,3-7,14-15H2,1-2H3,(H,27,31)(H,28,29,32)/t16-/m0/s1. The van der Waals surface area contributed by atoms with Gasteiger partial charge in [0, 0.05) is 5.02 Å². The molecule has 0 aliphatic heterocycles. The van der Waals surface area contributed by atoms with Crippen LogP contribution in [0.5, 0.6) is 0 Å². The molecule has 1 atom stereocenters. The molecular weight excluding hydrogens is 424 g/mol. The average Bonchev–Trinajstić information content (AvgIpc) is 2.77. The van der Waals surface area contributed by atoms with Crippen LogP contribution in [0.1, 0.15) is 55.2 Å². The molecule has 0 bridgehead atoms. The van der Waals surface area contributed by atoms with Crippen molar-refractivity contribution in [3.05, 3.63) is 74.3 Å². The number of amides is 1. The number of aromatic amines is 1. The number of carbonyl (C=O) groups excluding carboxylic acids is 1. The third-order valence-electron chi connectivity index (χ3n) is 6.16. The maximum Gasteiger partial charge on any atom is 0.258 e. The van der Waals surface area contributed by atoms with E-state index < -0.39 is 0 Å². The van der Waals surface area contributed by atoms with E-state index in [2.05, 4.69) is 33.5 Å². The van der Waals surface area contributed by atoms with Crippen molar-refractivity contribution in [2.24, 2.45) is 0 Å². The molecule has 32 heavy (non-hydrogen) atoms. The number of likely N-dealkylation sites (N-methyl/N-ethyl adjacent to an activating group) is 1. The molecule has 3 aromatic rings. The van der Waals surface area contributed by atoms with Crippen LogP contribution in [-0.4, -0.2) is 33.9 Å². The van der Waals surface area contributed by atoms with E-state index in [1.807, 2.05) is 18.7 Å². The van der Waals surface area contributed by atoms with Crippen molar-refractivity contribution in [1.82, 2.24) is 20.2 Å². The van der Waals surface area contributed by atoms with Gasteiger partial charge in [0.25, 0.3) is 5.56 Å². The first-order valence-electron chi connectivity index (χ1n) is 11.2. The van der Waals surface area contributed by atoms with E-state index >= 15 is 0 Å². The lowest BCUT2D eigenvalue weighted by Crippen LogP contribution is -2.38. The molecular formula is C25H29ClN4O2. The smallest absolute Gasteiger partial charge is 0.258 e. The lowest BCUT2D eigenvalue weighted by atomic mass is 9.89. The highest BCUT2D eigenvalue weighted by Crippen LogP contribution is 2.24. The predicted molar refractivity (Wildman–Crippen MR) is 128 cm³/mol. The van der Waals surface area contributed by atoms with E-state index in [1.165, 1.54) is 24.0 Å². The van der Waals surface area contributed by atoms with Gasteiger partial charge in [-0.1, -0.05) is 36.7 Å². The topological polar surface area (TPSA) is 78.1 Å². The first-order chi connectivity index (χ1) is 15.4. The molecule has 0 saturated heterocycles. The molecule has 2 aromatic carbocycles. The molecule has 0 fully saturated rings. The minimum Gasteiger partial charge on any atom is -0.348 e. The fourth-order valence-electron chi connectivity index (χ4n) is 4.32. The van der Waals surface area contributed by atoms with Crippen molar-refractivity contribution >= 4 is 28.4 Å². The number of halogens is 1. The number of benzene rings is 2. The number of H-pyrrole nitrogens is 1. The number of nitrogens with one attached hydrogen (secondary N) is 2. The highest BCUT2D eigenvalue weighted by molar-refractivity contribution is 6.31. The quantitative estimate of drug-likeness (QED) is 0.564. The Hall–Kier alpha value is -2.70. The number of fused-ring (bicyclic) bond motifs is 2. The second-order valence-electron chi connectivity index (χ2n) is 8.50. The van der Waals surface area contributed by atoms with Crippen LogP contribution in [0.4, 0.5) is 0 Å². The van der Waals surface area contributed by atoms with Crippen LogP contribution in [0.25, 0.3) is 10.9 Å². The van der Waals surface area contributed by atoms with Crippen LogP contribution in [0, 0.1) is 0 Å². The maximum atomic E-state index is 12.7. The fourth-order valence-corrected chi connectivity index (χ4v) is 4.49. The number of hydrogen-bond donors (Lipinski definition) is 2. The first kappa shape index (κ1) is 22.5. The van der Waals surface area contributed by atoms with E-state index in [4.69, 9.17) is 11.6 Å². The summed E-state index contributed by atoms with van der Waals surface area (Å²) in [6, 6.07) is 11.5. The Morgan fingerprint density at radius 3 is 2.75 bits per heavy atom. The van der Waals surface area contributed by atoms with Crippen molar-refractivity contribution < 1.29 is 4.79 Å². The van der Waals surface area contributed by atoms with Gasteiger partial charge in [0.15, 0.2) is 0 Å². The Bertz CT molecular complexity index is 1190. The van der Waals surface area contributed by atoms with Gasteiger partial charge < -0.3 is 10.3 Å². The zero-order valence-corrected chi connectivity index (χ0v) is 19.3. The van der Waals surface area contributed by atoms with E-state index in [0.717, 1.165) is 18.4 Å². The summed E-state index contributed by atoms with van der Waals surface area (Å²) in [4.78, 5) is 34.4. The Labute approximate surface area is 193 Å². The summed E-state index contributed by atoms with van der Waals surface area (Å²) in [6.07, 6.45) is 4.77. The van der Waals surface area contributed by atoms with Gasteiger partial charge in [-0.2, -0.15) is 0 Å². The SMILES string of the molecule is CCN(CC(=O)N[C@@H](C)c1ccc2c(c1)CCCC2)Cc1nc2cc(Cl)ccc2c(=O)[nH]1. The van der Waals surface area contributed by atoms with E-state index in [1.54, 1.807) is 18.2 Å². The zero-order chi connectivity index (χ0) is 22.7. The molecule has 1 aromatic heterocycles. The van der Waals surface area contributed by atoms with Gasteiger partial charge in [-0.3, -0.25) is 14.5 Å².